The lowest BCUT2D eigenvalue weighted by atomic mass is 9.87. The second kappa shape index (κ2) is 6.41. The Labute approximate surface area is 158 Å². The second-order valence-corrected chi connectivity index (χ2v) is 6.64. The Kier molecular flexibility index (Phi) is 4.15. The Bertz CT molecular complexity index is 1090. The van der Waals surface area contributed by atoms with Crippen LogP contribution in [0, 0.1) is 18.2 Å². The number of aromatic nitrogens is 1. The molecule has 4 rings (SSSR count). The van der Waals surface area contributed by atoms with Gasteiger partial charge in [-0.25, -0.2) is 4.39 Å². The van der Waals surface area contributed by atoms with Crippen molar-refractivity contribution in [3.05, 3.63) is 71.2 Å². The summed E-state index contributed by atoms with van der Waals surface area (Å²) in [5, 5.41) is 0.659. The van der Waals surface area contributed by atoms with E-state index in [2.05, 4.69) is 4.98 Å². The highest BCUT2D eigenvalue weighted by Gasteiger charge is 2.52. The van der Waals surface area contributed by atoms with Crippen LogP contribution in [0.15, 0.2) is 48.5 Å². The van der Waals surface area contributed by atoms with Gasteiger partial charge in [0.15, 0.2) is 0 Å². The Morgan fingerprint density at radius 2 is 1.82 bits per heavy atom. The predicted molar refractivity (Wildman–Crippen MR) is 95.8 cm³/mol. The number of terminal acetylenes is 1. The molecular formula is C21H14F4N2O. The Morgan fingerprint density at radius 3 is 2.46 bits per heavy atom. The molecule has 0 fully saturated rings. The normalized spacial score (nSPS) is 19.3. The van der Waals surface area contributed by atoms with Crippen LogP contribution in [0.3, 0.4) is 0 Å². The van der Waals surface area contributed by atoms with Gasteiger partial charge in [0.05, 0.1) is 6.04 Å². The van der Waals surface area contributed by atoms with E-state index in [4.69, 9.17) is 6.42 Å². The fraction of sp³-hybridized carbons (Fsp3) is 0.190. The number of carbonyl (C=O) groups is 1. The topological polar surface area (TPSA) is 36.1 Å². The molecule has 28 heavy (non-hydrogen) atoms. The van der Waals surface area contributed by atoms with Crippen molar-refractivity contribution in [2.45, 2.75) is 24.7 Å². The summed E-state index contributed by atoms with van der Waals surface area (Å²) in [6.45, 7) is 0. The molecule has 1 aliphatic heterocycles. The number of nitrogens with one attached hydrogen (secondary N) is 1. The molecule has 0 spiro atoms. The summed E-state index contributed by atoms with van der Waals surface area (Å²) in [6, 6.07) is 8.83. The summed E-state index contributed by atoms with van der Waals surface area (Å²) in [5.41, 5.74) is 1.94. The Hall–Kier alpha value is -3.27. The van der Waals surface area contributed by atoms with E-state index < -0.39 is 36.4 Å². The maximum absolute atomic E-state index is 13.9. The number of H-pyrrole nitrogens is 1. The van der Waals surface area contributed by atoms with E-state index in [0.29, 0.717) is 32.6 Å². The highest BCUT2D eigenvalue weighted by molar-refractivity contribution is 5.95. The largest absolute Gasteiger partial charge is 0.409 e. The molecule has 142 valence electrons. The Morgan fingerprint density at radius 1 is 1.14 bits per heavy atom. The van der Waals surface area contributed by atoms with Crippen molar-refractivity contribution in [1.29, 1.82) is 0 Å². The molecule has 1 N–H and O–H groups in total. The van der Waals surface area contributed by atoms with Crippen LogP contribution in [0.1, 0.15) is 22.9 Å². The number of para-hydroxylation sites is 1. The van der Waals surface area contributed by atoms with E-state index in [1.165, 1.54) is 12.1 Å². The number of alkyl halides is 3. The summed E-state index contributed by atoms with van der Waals surface area (Å²) < 4.78 is 55.1. The van der Waals surface area contributed by atoms with E-state index in [-0.39, 0.29) is 0 Å². The standard InChI is InChI=1S/C21H14F4N2O/c1-2-18(28)27-17(21(23,24)25)11-15-14-5-3-4-6-16(14)26-19(15)20(27)12-7-9-13(22)10-8-12/h1,3-10,17,20,26H,11H2/t17-,20+/m1/s1. The number of hydrogen-bond donors (Lipinski definition) is 1. The van der Waals surface area contributed by atoms with Crippen molar-refractivity contribution < 1.29 is 22.4 Å². The number of carbonyl (C=O) groups excluding carboxylic acids is 1. The second-order valence-electron chi connectivity index (χ2n) is 6.64. The van der Waals surface area contributed by atoms with Gasteiger partial charge in [0, 0.05) is 23.0 Å². The fourth-order valence-corrected chi connectivity index (χ4v) is 3.86. The quantitative estimate of drug-likeness (QED) is 0.490. The molecule has 2 heterocycles. The summed E-state index contributed by atoms with van der Waals surface area (Å²) in [4.78, 5) is 16.2. The zero-order valence-electron chi connectivity index (χ0n) is 14.4. The summed E-state index contributed by atoms with van der Waals surface area (Å²) in [6.07, 6.45) is 0.101. The van der Waals surface area contributed by atoms with E-state index in [1.54, 1.807) is 24.3 Å². The van der Waals surface area contributed by atoms with Gasteiger partial charge in [-0.15, -0.1) is 6.42 Å². The lowest BCUT2D eigenvalue weighted by Gasteiger charge is -2.42. The van der Waals surface area contributed by atoms with Crippen LogP contribution >= 0.6 is 0 Å². The highest BCUT2D eigenvalue weighted by atomic mass is 19.4. The maximum Gasteiger partial charge on any atom is 0.409 e. The first-order chi connectivity index (χ1) is 13.3. The minimum atomic E-state index is -4.68. The van der Waals surface area contributed by atoms with Crippen molar-refractivity contribution in [3.8, 4) is 12.3 Å². The molecule has 1 aliphatic rings. The van der Waals surface area contributed by atoms with Crippen molar-refractivity contribution in [2.75, 3.05) is 0 Å². The van der Waals surface area contributed by atoms with Gasteiger partial charge in [-0.2, -0.15) is 13.2 Å². The van der Waals surface area contributed by atoms with Crippen LogP contribution in [0.25, 0.3) is 10.9 Å². The number of fused-ring (bicyclic) bond motifs is 3. The minimum absolute atomic E-state index is 0.340. The fourth-order valence-electron chi connectivity index (χ4n) is 3.86. The molecule has 3 nitrogen and oxygen atoms in total. The average Bonchev–Trinajstić information content (AvgIpc) is 3.04. The van der Waals surface area contributed by atoms with E-state index in [0.717, 1.165) is 12.1 Å². The average molecular weight is 386 g/mol. The number of amides is 1. The van der Waals surface area contributed by atoms with Gasteiger partial charge in [0.25, 0.3) is 5.91 Å². The third kappa shape index (κ3) is 2.82. The van der Waals surface area contributed by atoms with Gasteiger partial charge in [-0.3, -0.25) is 4.79 Å². The molecule has 0 saturated heterocycles. The summed E-state index contributed by atoms with van der Waals surface area (Å²) >= 11 is 0. The number of halogens is 4. The summed E-state index contributed by atoms with van der Waals surface area (Å²) in [7, 11) is 0. The van der Waals surface area contributed by atoms with E-state index in [1.807, 2.05) is 5.92 Å². The third-order valence-corrected chi connectivity index (χ3v) is 5.05. The van der Waals surface area contributed by atoms with Crippen LogP contribution in [-0.2, 0) is 11.2 Å². The molecule has 7 heteroatoms. The minimum Gasteiger partial charge on any atom is -0.356 e. The molecule has 3 aromatic rings. The number of hydrogen-bond acceptors (Lipinski definition) is 1. The van der Waals surface area contributed by atoms with Crippen LogP contribution in [0.2, 0.25) is 0 Å². The third-order valence-electron chi connectivity index (χ3n) is 5.05. The highest BCUT2D eigenvalue weighted by Crippen LogP contribution is 2.44. The number of rotatable bonds is 1. The van der Waals surface area contributed by atoms with Crippen molar-refractivity contribution >= 4 is 16.8 Å². The number of nitrogens with zero attached hydrogens (tertiary/aromatic N) is 1. The zero-order chi connectivity index (χ0) is 20.1. The van der Waals surface area contributed by atoms with Gasteiger partial charge in [0.1, 0.15) is 11.9 Å². The smallest absolute Gasteiger partial charge is 0.356 e. The molecular weight excluding hydrogens is 372 g/mol. The van der Waals surface area contributed by atoms with Gasteiger partial charge in [0.2, 0.25) is 0 Å². The molecule has 0 bridgehead atoms. The lowest BCUT2D eigenvalue weighted by molar-refractivity contribution is -0.193. The monoisotopic (exact) mass is 386 g/mol. The Balaban J connectivity index is 2.01. The van der Waals surface area contributed by atoms with Gasteiger partial charge < -0.3 is 9.88 Å². The van der Waals surface area contributed by atoms with Gasteiger partial charge in [-0.05, 0) is 35.2 Å². The van der Waals surface area contributed by atoms with Gasteiger partial charge >= 0.3 is 6.18 Å². The van der Waals surface area contributed by atoms with Crippen LogP contribution < -0.4 is 0 Å². The maximum atomic E-state index is 13.9. The predicted octanol–water partition coefficient (Wildman–Crippen LogP) is 4.35. The van der Waals surface area contributed by atoms with Gasteiger partial charge in [-0.1, -0.05) is 30.3 Å². The molecule has 1 amide bonds. The molecule has 2 atom stereocenters. The van der Waals surface area contributed by atoms with Crippen molar-refractivity contribution in [1.82, 2.24) is 9.88 Å². The molecule has 1 aromatic heterocycles. The molecule has 2 aromatic carbocycles. The number of benzene rings is 2. The van der Waals surface area contributed by atoms with E-state index in [9.17, 15) is 22.4 Å². The molecule has 0 aliphatic carbocycles. The van der Waals surface area contributed by atoms with Crippen LogP contribution in [-0.4, -0.2) is 28.0 Å². The SMILES string of the molecule is C#CC(=O)N1[C@@H](c2ccc(F)cc2)c2[nH]c3ccccc3c2C[C@@H]1C(F)(F)F. The summed E-state index contributed by atoms with van der Waals surface area (Å²) in [5.74, 6) is 0.214. The zero-order valence-corrected chi connectivity index (χ0v) is 14.4. The first-order valence-electron chi connectivity index (χ1n) is 8.52. The van der Waals surface area contributed by atoms with Crippen LogP contribution in [0.5, 0.6) is 0 Å². The first-order valence-corrected chi connectivity index (χ1v) is 8.52. The number of aromatic amines is 1. The van der Waals surface area contributed by atoms with Crippen LogP contribution in [0.4, 0.5) is 17.6 Å². The van der Waals surface area contributed by atoms with Crippen molar-refractivity contribution in [2.24, 2.45) is 0 Å². The van der Waals surface area contributed by atoms with E-state index >= 15 is 0 Å². The molecule has 0 saturated carbocycles. The first kappa shape index (κ1) is 18.1. The molecule has 0 unspecified atom stereocenters. The van der Waals surface area contributed by atoms with Crippen molar-refractivity contribution in [3.63, 3.8) is 0 Å². The molecule has 0 radical (unpaired) electrons. The lowest BCUT2D eigenvalue weighted by Crippen LogP contribution is -2.54.